The number of aliphatic hydroxyl groups is 1. The van der Waals surface area contributed by atoms with E-state index in [4.69, 9.17) is 0 Å². The molecule has 1 saturated carbocycles. The third-order valence-corrected chi connectivity index (χ3v) is 3.88. The molecule has 1 aliphatic rings. The zero-order chi connectivity index (χ0) is 9.73. The topological polar surface area (TPSA) is 20.2 Å². The van der Waals surface area contributed by atoms with Crippen LogP contribution in [0.3, 0.4) is 0 Å². The SMILES string of the molecule is CCC(CC)CC1(CO)CCCC1. The zero-order valence-electron chi connectivity index (χ0n) is 9.18. The molecule has 0 unspecified atom stereocenters. The molecular formula is C12H24O. The van der Waals surface area contributed by atoms with Crippen molar-refractivity contribution in [2.75, 3.05) is 6.61 Å². The summed E-state index contributed by atoms with van der Waals surface area (Å²) in [6.45, 7) is 4.96. The lowest BCUT2D eigenvalue weighted by Crippen LogP contribution is -2.24. The summed E-state index contributed by atoms with van der Waals surface area (Å²) in [7, 11) is 0. The van der Waals surface area contributed by atoms with Crippen LogP contribution in [0.2, 0.25) is 0 Å². The van der Waals surface area contributed by atoms with Crippen LogP contribution < -0.4 is 0 Å². The quantitative estimate of drug-likeness (QED) is 0.694. The summed E-state index contributed by atoms with van der Waals surface area (Å²) < 4.78 is 0. The molecule has 1 N–H and O–H groups in total. The maximum absolute atomic E-state index is 9.46. The summed E-state index contributed by atoms with van der Waals surface area (Å²) in [5.41, 5.74) is 0.316. The molecule has 1 heteroatoms. The molecule has 0 spiro atoms. The van der Waals surface area contributed by atoms with E-state index in [1.54, 1.807) is 0 Å². The minimum Gasteiger partial charge on any atom is -0.396 e. The van der Waals surface area contributed by atoms with Gasteiger partial charge in [-0.05, 0) is 30.6 Å². The normalized spacial score (nSPS) is 21.2. The fourth-order valence-electron chi connectivity index (χ4n) is 2.74. The standard InChI is InChI=1S/C12H24O/c1-3-11(4-2)9-12(10-13)7-5-6-8-12/h11,13H,3-10H2,1-2H3. The van der Waals surface area contributed by atoms with E-state index in [0.29, 0.717) is 12.0 Å². The van der Waals surface area contributed by atoms with Crippen LogP contribution in [0, 0.1) is 11.3 Å². The summed E-state index contributed by atoms with van der Waals surface area (Å²) in [5.74, 6) is 0.838. The maximum atomic E-state index is 9.46. The van der Waals surface area contributed by atoms with Gasteiger partial charge in [-0.25, -0.2) is 0 Å². The van der Waals surface area contributed by atoms with Crippen LogP contribution >= 0.6 is 0 Å². The van der Waals surface area contributed by atoms with Gasteiger partial charge in [-0.15, -0.1) is 0 Å². The first-order chi connectivity index (χ1) is 6.26. The Kier molecular flexibility index (Phi) is 4.24. The highest BCUT2D eigenvalue weighted by Gasteiger charge is 2.34. The number of hydrogen-bond donors (Lipinski definition) is 1. The van der Waals surface area contributed by atoms with E-state index in [1.807, 2.05) is 0 Å². The highest BCUT2D eigenvalue weighted by Crippen LogP contribution is 2.43. The molecular weight excluding hydrogens is 160 g/mol. The Morgan fingerprint density at radius 2 is 1.69 bits per heavy atom. The van der Waals surface area contributed by atoms with Gasteiger partial charge < -0.3 is 5.11 Å². The van der Waals surface area contributed by atoms with Gasteiger partial charge >= 0.3 is 0 Å². The van der Waals surface area contributed by atoms with E-state index in [0.717, 1.165) is 5.92 Å². The van der Waals surface area contributed by atoms with Gasteiger partial charge in [0.2, 0.25) is 0 Å². The Morgan fingerprint density at radius 3 is 2.08 bits per heavy atom. The fraction of sp³-hybridized carbons (Fsp3) is 1.00. The first-order valence-electron chi connectivity index (χ1n) is 5.87. The molecule has 0 aliphatic heterocycles. The molecule has 1 nitrogen and oxygen atoms in total. The second-order valence-corrected chi connectivity index (χ2v) is 4.75. The third kappa shape index (κ3) is 2.70. The van der Waals surface area contributed by atoms with E-state index in [2.05, 4.69) is 13.8 Å². The zero-order valence-corrected chi connectivity index (χ0v) is 9.18. The Labute approximate surface area is 82.5 Å². The predicted molar refractivity (Wildman–Crippen MR) is 56.7 cm³/mol. The molecule has 0 aromatic rings. The van der Waals surface area contributed by atoms with E-state index in [-0.39, 0.29) is 0 Å². The average Bonchev–Trinajstić information content (AvgIpc) is 2.63. The smallest absolute Gasteiger partial charge is 0.0487 e. The molecule has 13 heavy (non-hydrogen) atoms. The Morgan fingerprint density at radius 1 is 1.15 bits per heavy atom. The van der Waals surface area contributed by atoms with Gasteiger partial charge in [0.1, 0.15) is 0 Å². The van der Waals surface area contributed by atoms with Crippen molar-refractivity contribution >= 4 is 0 Å². The minimum absolute atomic E-state index is 0.316. The summed E-state index contributed by atoms with van der Waals surface area (Å²) in [6.07, 6.45) is 9.01. The van der Waals surface area contributed by atoms with E-state index >= 15 is 0 Å². The Bertz CT molecular complexity index is 132. The van der Waals surface area contributed by atoms with Gasteiger partial charge in [-0.1, -0.05) is 39.5 Å². The second kappa shape index (κ2) is 4.99. The molecule has 1 rings (SSSR count). The summed E-state index contributed by atoms with van der Waals surface area (Å²) in [4.78, 5) is 0. The molecule has 0 aromatic carbocycles. The molecule has 0 heterocycles. The molecule has 1 fully saturated rings. The molecule has 0 bridgehead atoms. The summed E-state index contributed by atoms with van der Waals surface area (Å²) in [6, 6.07) is 0. The highest BCUT2D eigenvalue weighted by atomic mass is 16.3. The van der Waals surface area contributed by atoms with Gasteiger partial charge in [-0.2, -0.15) is 0 Å². The lowest BCUT2D eigenvalue weighted by molar-refractivity contribution is 0.0989. The lowest BCUT2D eigenvalue weighted by atomic mass is 9.77. The van der Waals surface area contributed by atoms with Crippen molar-refractivity contribution in [1.82, 2.24) is 0 Å². The molecule has 1 aliphatic carbocycles. The Hall–Kier alpha value is -0.0400. The Balaban J connectivity index is 2.46. The molecule has 0 saturated heterocycles. The van der Waals surface area contributed by atoms with Gasteiger partial charge in [0.05, 0.1) is 0 Å². The van der Waals surface area contributed by atoms with Crippen molar-refractivity contribution in [1.29, 1.82) is 0 Å². The van der Waals surface area contributed by atoms with Crippen LogP contribution in [0.15, 0.2) is 0 Å². The first kappa shape index (κ1) is 11.0. The van der Waals surface area contributed by atoms with Crippen LogP contribution in [-0.4, -0.2) is 11.7 Å². The van der Waals surface area contributed by atoms with Gasteiger partial charge in [0.25, 0.3) is 0 Å². The van der Waals surface area contributed by atoms with Crippen molar-refractivity contribution in [3.63, 3.8) is 0 Å². The molecule has 0 atom stereocenters. The molecule has 78 valence electrons. The van der Waals surface area contributed by atoms with Crippen molar-refractivity contribution in [2.24, 2.45) is 11.3 Å². The van der Waals surface area contributed by atoms with E-state index < -0.39 is 0 Å². The predicted octanol–water partition coefficient (Wildman–Crippen LogP) is 3.37. The van der Waals surface area contributed by atoms with E-state index in [9.17, 15) is 5.11 Å². The molecule has 0 aromatic heterocycles. The van der Waals surface area contributed by atoms with Crippen LogP contribution in [0.5, 0.6) is 0 Å². The average molecular weight is 184 g/mol. The van der Waals surface area contributed by atoms with E-state index in [1.165, 1.54) is 44.9 Å². The van der Waals surface area contributed by atoms with Crippen LogP contribution in [0.4, 0.5) is 0 Å². The molecule has 0 amide bonds. The second-order valence-electron chi connectivity index (χ2n) is 4.75. The monoisotopic (exact) mass is 184 g/mol. The highest BCUT2D eigenvalue weighted by molar-refractivity contribution is 4.85. The third-order valence-electron chi connectivity index (χ3n) is 3.88. The van der Waals surface area contributed by atoms with Gasteiger partial charge in [0, 0.05) is 6.61 Å². The molecule has 0 radical (unpaired) electrons. The summed E-state index contributed by atoms with van der Waals surface area (Å²) in [5, 5.41) is 9.46. The summed E-state index contributed by atoms with van der Waals surface area (Å²) >= 11 is 0. The van der Waals surface area contributed by atoms with Gasteiger partial charge in [-0.3, -0.25) is 0 Å². The number of rotatable bonds is 5. The van der Waals surface area contributed by atoms with Crippen LogP contribution in [0.25, 0.3) is 0 Å². The van der Waals surface area contributed by atoms with Crippen molar-refractivity contribution in [2.45, 2.75) is 58.8 Å². The fourth-order valence-corrected chi connectivity index (χ4v) is 2.74. The largest absolute Gasteiger partial charge is 0.396 e. The van der Waals surface area contributed by atoms with Crippen LogP contribution in [-0.2, 0) is 0 Å². The van der Waals surface area contributed by atoms with Crippen molar-refractivity contribution in [3.05, 3.63) is 0 Å². The van der Waals surface area contributed by atoms with Crippen molar-refractivity contribution < 1.29 is 5.11 Å². The van der Waals surface area contributed by atoms with Crippen molar-refractivity contribution in [3.8, 4) is 0 Å². The lowest BCUT2D eigenvalue weighted by Gasteiger charge is -2.30. The number of hydrogen-bond acceptors (Lipinski definition) is 1. The van der Waals surface area contributed by atoms with Gasteiger partial charge in [0.15, 0.2) is 0 Å². The minimum atomic E-state index is 0.316. The van der Waals surface area contributed by atoms with Crippen LogP contribution in [0.1, 0.15) is 58.8 Å². The number of aliphatic hydroxyl groups excluding tert-OH is 1. The first-order valence-corrected chi connectivity index (χ1v) is 5.87. The maximum Gasteiger partial charge on any atom is 0.0487 e.